The molecule has 0 bridgehead atoms. The van der Waals surface area contributed by atoms with Crippen LogP contribution < -0.4 is 0 Å². The molecule has 1 saturated heterocycles. The summed E-state index contributed by atoms with van der Waals surface area (Å²) in [5.74, 6) is -1.45. The van der Waals surface area contributed by atoms with Crippen LogP contribution in [0, 0.1) is 0 Å². The molecule has 1 N–H and O–H groups in total. The molecule has 0 atom stereocenters. The Kier molecular flexibility index (Phi) is 8.29. The fourth-order valence-corrected chi connectivity index (χ4v) is 5.16. The third-order valence-corrected chi connectivity index (χ3v) is 6.86. The van der Waals surface area contributed by atoms with Crippen LogP contribution in [0.2, 0.25) is 0 Å². The monoisotopic (exact) mass is 555 g/mol. The quantitative estimate of drug-likeness (QED) is 0.183. The van der Waals surface area contributed by atoms with Gasteiger partial charge in [0.05, 0.1) is 42.2 Å². The first-order valence-corrected chi connectivity index (χ1v) is 11.8. The number of hydrogen-bond donors (Lipinski definition) is 1. The second kappa shape index (κ2) is 10.7. The molecule has 1 aromatic carbocycles. The van der Waals surface area contributed by atoms with E-state index in [1.807, 2.05) is 0 Å². The van der Waals surface area contributed by atoms with E-state index in [0.29, 0.717) is 17.0 Å². The average molecular weight is 556 g/mol. The zero-order valence-corrected chi connectivity index (χ0v) is 19.9. The first-order chi connectivity index (χ1) is 16.3. The number of nitrogens with zero attached hydrogens (tertiary/aromatic N) is 1. The summed E-state index contributed by atoms with van der Waals surface area (Å²) >= 11 is 7.21. The molecule has 3 rings (SSSR count). The number of benzene rings is 1. The Morgan fingerprint density at radius 1 is 1.03 bits per heavy atom. The molecular weight excluding hydrogens is 540 g/mol. The normalized spacial score (nSPS) is 15.9. The van der Waals surface area contributed by atoms with E-state index in [1.165, 1.54) is 22.4 Å². The van der Waals surface area contributed by atoms with Crippen molar-refractivity contribution in [3.63, 3.8) is 0 Å². The Bertz CT molecular complexity index is 1140. The molecule has 2 heterocycles. The predicted octanol–water partition coefficient (Wildman–Crippen LogP) is 6.15. The lowest BCUT2D eigenvalue weighted by atomic mass is 10.0. The van der Waals surface area contributed by atoms with E-state index in [9.17, 15) is 35.9 Å². The van der Waals surface area contributed by atoms with Gasteiger partial charge in [-0.2, -0.15) is 26.3 Å². The van der Waals surface area contributed by atoms with Gasteiger partial charge in [0, 0.05) is 4.88 Å². The minimum atomic E-state index is -4.96. The standard InChI is InChI=1S/C21H15F6NO4S3/c22-20(23,24)13-5-11(6-14(8-13)21(25,26)27)12-7-15(34-10-12)9-16-18(31)28(19(33)35-16)2-4-32-3-1-17(29)30/h5-10H,1-4H2,(H,29,30). The van der Waals surface area contributed by atoms with E-state index in [0.717, 1.165) is 23.1 Å². The number of aliphatic carboxylic acids is 1. The van der Waals surface area contributed by atoms with Crippen LogP contribution in [0.4, 0.5) is 26.3 Å². The van der Waals surface area contributed by atoms with Crippen LogP contribution in [0.3, 0.4) is 0 Å². The molecule has 14 heteroatoms. The SMILES string of the molecule is O=C(O)CCOCCN1C(=O)C(=Cc2cc(-c3cc(C(F)(F)F)cc(C(F)(F)F)c3)cs2)SC1=S. The van der Waals surface area contributed by atoms with Crippen molar-refractivity contribution >= 4 is 57.6 Å². The summed E-state index contributed by atoms with van der Waals surface area (Å²) in [6, 6.07) is 2.74. The Morgan fingerprint density at radius 3 is 2.23 bits per heavy atom. The van der Waals surface area contributed by atoms with Crippen LogP contribution in [0.1, 0.15) is 22.4 Å². The number of carboxylic acid groups (broad SMARTS) is 1. The molecule has 188 valence electrons. The van der Waals surface area contributed by atoms with Crippen LogP contribution in [0.5, 0.6) is 0 Å². The van der Waals surface area contributed by atoms with Crippen molar-refractivity contribution in [3.8, 4) is 11.1 Å². The summed E-state index contributed by atoms with van der Waals surface area (Å²) in [7, 11) is 0. The van der Waals surface area contributed by atoms with E-state index in [4.69, 9.17) is 22.1 Å². The summed E-state index contributed by atoms with van der Waals surface area (Å²) in [5.41, 5.74) is -2.95. The summed E-state index contributed by atoms with van der Waals surface area (Å²) in [6.45, 7) is 0.137. The summed E-state index contributed by atoms with van der Waals surface area (Å²) in [6.07, 6.45) is -8.65. The van der Waals surface area contributed by atoms with Gasteiger partial charge in [-0.25, -0.2) is 0 Å². The van der Waals surface area contributed by atoms with Crippen molar-refractivity contribution in [1.29, 1.82) is 0 Å². The van der Waals surface area contributed by atoms with Crippen molar-refractivity contribution < 1.29 is 45.8 Å². The summed E-state index contributed by atoms with van der Waals surface area (Å²) < 4.78 is 84.3. The number of carbonyl (C=O) groups excluding carboxylic acids is 1. The number of ether oxygens (including phenoxy) is 1. The van der Waals surface area contributed by atoms with E-state index in [1.54, 1.807) is 0 Å². The molecule has 0 radical (unpaired) electrons. The maximum atomic E-state index is 13.1. The lowest BCUT2D eigenvalue weighted by Crippen LogP contribution is -2.31. The molecule has 1 amide bonds. The lowest BCUT2D eigenvalue weighted by molar-refractivity contribution is -0.143. The van der Waals surface area contributed by atoms with E-state index in [-0.39, 0.29) is 52.6 Å². The Morgan fingerprint density at radius 2 is 1.66 bits per heavy atom. The molecule has 0 unspecified atom stereocenters. The van der Waals surface area contributed by atoms with Crippen LogP contribution in [-0.4, -0.2) is 46.0 Å². The number of thiocarbonyl (C=S) groups is 1. The molecule has 35 heavy (non-hydrogen) atoms. The number of rotatable bonds is 8. The largest absolute Gasteiger partial charge is 0.481 e. The Labute approximate surface area is 208 Å². The zero-order chi connectivity index (χ0) is 26.0. The number of halogens is 6. The topological polar surface area (TPSA) is 66.8 Å². The fourth-order valence-electron chi connectivity index (χ4n) is 2.94. The third kappa shape index (κ3) is 7.06. The molecular formula is C21H15F6NO4S3. The predicted molar refractivity (Wildman–Crippen MR) is 123 cm³/mol. The fraction of sp³-hybridized carbons (Fsp3) is 0.286. The maximum Gasteiger partial charge on any atom is 0.416 e. The second-order valence-electron chi connectivity index (χ2n) is 7.12. The Hall–Kier alpha value is -2.42. The van der Waals surface area contributed by atoms with Gasteiger partial charge in [-0.05, 0) is 46.8 Å². The molecule has 0 aliphatic carbocycles. The molecule has 1 fully saturated rings. The number of thioether (sulfide) groups is 1. The molecule has 2 aromatic rings. The van der Waals surface area contributed by atoms with Gasteiger partial charge in [-0.3, -0.25) is 14.5 Å². The lowest BCUT2D eigenvalue weighted by Gasteiger charge is -2.14. The zero-order valence-electron chi connectivity index (χ0n) is 17.4. The van der Waals surface area contributed by atoms with Crippen molar-refractivity contribution in [2.45, 2.75) is 18.8 Å². The van der Waals surface area contributed by atoms with E-state index < -0.39 is 35.4 Å². The van der Waals surface area contributed by atoms with Crippen molar-refractivity contribution in [3.05, 3.63) is 50.6 Å². The molecule has 1 aromatic heterocycles. The summed E-state index contributed by atoms with van der Waals surface area (Å²) in [5, 5.41) is 9.98. The Balaban J connectivity index is 1.78. The number of thiophene rings is 1. The number of carbonyl (C=O) groups is 2. The molecule has 0 saturated carbocycles. The smallest absolute Gasteiger partial charge is 0.416 e. The van der Waals surface area contributed by atoms with E-state index >= 15 is 0 Å². The van der Waals surface area contributed by atoms with Crippen LogP contribution >= 0.6 is 35.3 Å². The minimum Gasteiger partial charge on any atom is -0.481 e. The molecule has 1 aliphatic rings. The summed E-state index contributed by atoms with van der Waals surface area (Å²) in [4.78, 5) is 25.0. The number of amides is 1. The minimum absolute atomic E-state index is 0.0243. The first kappa shape index (κ1) is 27.2. The van der Waals surface area contributed by atoms with Crippen molar-refractivity contribution in [2.24, 2.45) is 0 Å². The molecule has 5 nitrogen and oxygen atoms in total. The van der Waals surface area contributed by atoms with E-state index in [2.05, 4.69) is 0 Å². The highest BCUT2D eigenvalue weighted by Crippen LogP contribution is 2.40. The number of hydrogen-bond acceptors (Lipinski definition) is 6. The third-order valence-electron chi connectivity index (χ3n) is 4.61. The first-order valence-electron chi connectivity index (χ1n) is 9.69. The van der Waals surface area contributed by atoms with Crippen LogP contribution in [-0.2, 0) is 26.7 Å². The van der Waals surface area contributed by atoms with Crippen LogP contribution in [0.15, 0.2) is 34.6 Å². The van der Waals surface area contributed by atoms with Gasteiger partial charge in [0.25, 0.3) is 5.91 Å². The highest BCUT2D eigenvalue weighted by atomic mass is 32.2. The number of alkyl halides is 6. The highest BCUT2D eigenvalue weighted by molar-refractivity contribution is 8.26. The average Bonchev–Trinajstić information content (AvgIpc) is 3.31. The highest BCUT2D eigenvalue weighted by Gasteiger charge is 2.37. The van der Waals surface area contributed by atoms with Gasteiger partial charge in [0.15, 0.2) is 0 Å². The second-order valence-corrected chi connectivity index (χ2v) is 9.74. The van der Waals surface area contributed by atoms with Gasteiger partial charge in [0.1, 0.15) is 4.32 Å². The van der Waals surface area contributed by atoms with Crippen LogP contribution in [0.25, 0.3) is 17.2 Å². The van der Waals surface area contributed by atoms with Gasteiger partial charge in [-0.1, -0.05) is 24.0 Å². The van der Waals surface area contributed by atoms with Crippen molar-refractivity contribution in [2.75, 3.05) is 19.8 Å². The molecule has 0 spiro atoms. The van der Waals surface area contributed by atoms with Gasteiger partial charge >= 0.3 is 18.3 Å². The van der Waals surface area contributed by atoms with Gasteiger partial charge < -0.3 is 9.84 Å². The van der Waals surface area contributed by atoms with Gasteiger partial charge in [0.2, 0.25) is 0 Å². The van der Waals surface area contributed by atoms with Crippen molar-refractivity contribution in [1.82, 2.24) is 4.90 Å². The maximum absolute atomic E-state index is 13.1. The molecule has 1 aliphatic heterocycles. The number of carboxylic acids is 1. The van der Waals surface area contributed by atoms with Gasteiger partial charge in [-0.15, -0.1) is 11.3 Å².